The molecule has 3 heteroatoms. The fourth-order valence-corrected chi connectivity index (χ4v) is 1.72. The molecule has 0 aliphatic carbocycles. The van der Waals surface area contributed by atoms with Crippen LogP contribution in [0.4, 0.5) is 0 Å². The maximum Gasteiger partial charge on any atom is 0.0848 e. The van der Waals surface area contributed by atoms with Crippen LogP contribution in [0.2, 0.25) is 0 Å². The molecule has 1 N–H and O–H groups in total. The van der Waals surface area contributed by atoms with Gasteiger partial charge in [-0.3, -0.25) is 0 Å². The SMILES string of the molecule is CC(C)C(OCCOCCO)c1ccccc1. The number of hydrogen-bond donors (Lipinski definition) is 1. The van der Waals surface area contributed by atoms with Gasteiger partial charge in [0.1, 0.15) is 0 Å². The molecule has 1 rings (SSSR count). The standard InChI is InChI=1S/C14H22O3/c1-12(2)14(13-6-4-3-5-7-13)17-11-10-16-9-8-15/h3-7,12,14-15H,8-11H2,1-2H3. The molecule has 1 unspecified atom stereocenters. The molecule has 0 heterocycles. The van der Waals surface area contributed by atoms with Gasteiger partial charge >= 0.3 is 0 Å². The van der Waals surface area contributed by atoms with Crippen molar-refractivity contribution in [3.8, 4) is 0 Å². The molecular formula is C14H22O3. The smallest absolute Gasteiger partial charge is 0.0848 e. The summed E-state index contributed by atoms with van der Waals surface area (Å²) in [5.41, 5.74) is 1.20. The van der Waals surface area contributed by atoms with E-state index in [-0.39, 0.29) is 12.7 Å². The highest BCUT2D eigenvalue weighted by molar-refractivity contribution is 5.17. The molecular weight excluding hydrogens is 216 g/mol. The van der Waals surface area contributed by atoms with Gasteiger partial charge in [-0.25, -0.2) is 0 Å². The van der Waals surface area contributed by atoms with Crippen molar-refractivity contribution in [1.29, 1.82) is 0 Å². The lowest BCUT2D eigenvalue weighted by atomic mass is 9.99. The van der Waals surface area contributed by atoms with Crippen molar-refractivity contribution >= 4 is 0 Å². The van der Waals surface area contributed by atoms with Gasteiger partial charge in [-0.2, -0.15) is 0 Å². The quantitative estimate of drug-likeness (QED) is 0.707. The van der Waals surface area contributed by atoms with E-state index in [9.17, 15) is 0 Å². The Morgan fingerprint density at radius 1 is 1.06 bits per heavy atom. The Balaban J connectivity index is 2.40. The highest BCUT2D eigenvalue weighted by Crippen LogP contribution is 2.25. The fourth-order valence-electron chi connectivity index (χ4n) is 1.72. The zero-order chi connectivity index (χ0) is 12.5. The van der Waals surface area contributed by atoms with Crippen LogP contribution in [-0.2, 0) is 9.47 Å². The maximum absolute atomic E-state index is 8.58. The molecule has 96 valence electrons. The van der Waals surface area contributed by atoms with Gasteiger partial charge in [0.15, 0.2) is 0 Å². The van der Waals surface area contributed by atoms with Gasteiger partial charge in [-0.15, -0.1) is 0 Å². The van der Waals surface area contributed by atoms with E-state index in [1.807, 2.05) is 18.2 Å². The largest absolute Gasteiger partial charge is 0.394 e. The second-order valence-electron chi connectivity index (χ2n) is 4.28. The van der Waals surface area contributed by atoms with Crippen molar-refractivity contribution in [2.24, 2.45) is 5.92 Å². The highest BCUT2D eigenvalue weighted by Gasteiger charge is 2.15. The van der Waals surface area contributed by atoms with Crippen LogP contribution in [-0.4, -0.2) is 31.5 Å². The molecule has 1 atom stereocenters. The second-order valence-corrected chi connectivity index (χ2v) is 4.28. The number of ether oxygens (including phenoxy) is 2. The van der Waals surface area contributed by atoms with Crippen LogP contribution in [0.15, 0.2) is 30.3 Å². The average molecular weight is 238 g/mol. The Bertz CT molecular complexity index is 285. The van der Waals surface area contributed by atoms with Crippen molar-refractivity contribution < 1.29 is 14.6 Å². The molecule has 0 saturated carbocycles. The summed E-state index contributed by atoms with van der Waals surface area (Å²) in [6.07, 6.45) is 0.105. The molecule has 0 aliphatic heterocycles. The van der Waals surface area contributed by atoms with Gasteiger partial charge in [0.05, 0.1) is 32.5 Å². The van der Waals surface area contributed by atoms with Crippen LogP contribution >= 0.6 is 0 Å². The maximum atomic E-state index is 8.58. The van der Waals surface area contributed by atoms with Crippen molar-refractivity contribution in [3.63, 3.8) is 0 Å². The van der Waals surface area contributed by atoms with E-state index in [1.165, 1.54) is 5.56 Å². The summed E-state index contributed by atoms with van der Waals surface area (Å²) >= 11 is 0. The molecule has 0 bridgehead atoms. The number of hydrogen-bond acceptors (Lipinski definition) is 3. The first-order valence-electron chi connectivity index (χ1n) is 6.11. The molecule has 0 saturated heterocycles. The van der Waals surface area contributed by atoms with Crippen LogP contribution in [0, 0.1) is 5.92 Å². The van der Waals surface area contributed by atoms with Gasteiger partial charge < -0.3 is 14.6 Å². The highest BCUT2D eigenvalue weighted by atomic mass is 16.5. The molecule has 0 fully saturated rings. The fraction of sp³-hybridized carbons (Fsp3) is 0.571. The Morgan fingerprint density at radius 2 is 1.76 bits per heavy atom. The Morgan fingerprint density at radius 3 is 2.35 bits per heavy atom. The van der Waals surface area contributed by atoms with Gasteiger partial charge in [-0.05, 0) is 11.5 Å². The average Bonchev–Trinajstić information content (AvgIpc) is 2.34. The van der Waals surface area contributed by atoms with Crippen LogP contribution in [0.1, 0.15) is 25.5 Å². The number of rotatable bonds is 8. The summed E-state index contributed by atoms with van der Waals surface area (Å²) < 4.78 is 11.0. The van der Waals surface area contributed by atoms with Gasteiger partial charge in [0.25, 0.3) is 0 Å². The van der Waals surface area contributed by atoms with Crippen molar-refractivity contribution in [2.75, 3.05) is 26.4 Å². The lowest BCUT2D eigenvalue weighted by Gasteiger charge is -2.22. The van der Waals surface area contributed by atoms with E-state index in [2.05, 4.69) is 26.0 Å². The summed E-state index contributed by atoms with van der Waals surface area (Å²) in [7, 11) is 0. The first-order valence-corrected chi connectivity index (χ1v) is 6.11. The minimum atomic E-state index is 0.0618. The zero-order valence-corrected chi connectivity index (χ0v) is 10.6. The van der Waals surface area contributed by atoms with E-state index in [0.29, 0.717) is 25.7 Å². The minimum Gasteiger partial charge on any atom is -0.394 e. The Hall–Kier alpha value is -0.900. The van der Waals surface area contributed by atoms with Crippen LogP contribution in [0.25, 0.3) is 0 Å². The van der Waals surface area contributed by atoms with Gasteiger partial charge in [-0.1, -0.05) is 44.2 Å². The Kier molecular flexibility index (Phi) is 6.86. The van der Waals surface area contributed by atoms with Gasteiger partial charge in [0.2, 0.25) is 0 Å². The third-order valence-electron chi connectivity index (χ3n) is 2.49. The summed E-state index contributed by atoms with van der Waals surface area (Å²) in [4.78, 5) is 0. The summed E-state index contributed by atoms with van der Waals surface area (Å²) in [6, 6.07) is 10.2. The summed E-state index contributed by atoms with van der Waals surface area (Å²) in [5.74, 6) is 0.426. The lowest BCUT2D eigenvalue weighted by Crippen LogP contribution is -2.15. The normalized spacial score (nSPS) is 12.9. The summed E-state index contributed by atoms with van der Waals surface area (Å²) in [5, 5.41) is 8.58. The first-order chi connectivity index (χ1) is 8.25. The van der Waals surface area contributed by atoms with Crippen molar-refractivity contribution in [2.45, 2.75) is 20.0 Å². The number of benzene rings is 1. The van der Waals surface area contributed by atoms with Crippen molar-refractivity contribution in [3.05, 3.63) is 35.9 Å². The molecule has 0 amide bonds. The molecule has 3 nitrogen and oxygen atoms in total. The third-order valence-corrected chi connectivity index (χ3v) is 2.49. The lowest BCUT2D eigenvalue weighted by molar-refractivity contribution is -0.0212. The molecule has 1 aromatic rings. The number of aliphatic hydroxyl groups is 1. The van der Waals surface area contributed by atoms with E-state index in [1.54, 1.807) is 0 Å². The number of aliphatic hydroxyl groups excluding tert-OH is 1. The molecule has 17 heavy (non-hydrogen) atoms. The van der Waals surface area contributed by atoms with Crippen molar-refractivity contribution in [1.82, 2.24) is 0 Å². The van der Waals surface area contributed by atoms with Gasteiger partial charge in [0, 0.05) is 0 Å². The van der Waals surface area contributed by atoms with E-state index in [0.717, 1.165) is 0 Å². The molecule has 0 aliphatic rings. The van der Waals surface area contributed by atoms with E-state index in [4.69, 9.17) is 14.6 Å². The van der Waals surface area contributed by atoms with Crippen LogP contribution < -0.4 is 0 Å². The Labute approximate surface area is 103 Å². The molecule has 1 aromatic carbocycles. The van der Waals surface area contributed by atoms with E-state index < -0.39 is 0 Å². The minimum absolute atomic E-state index is 0.0618. The first kappa shape index (κ1) is 14.2. The monoisotopic (exact) mass is 238 g/mol. The second kappa shape index (κ2) is 8.23. The van der Waals surface area contributed by atoms with Crippen LogP contribution in [0.3, 0.4) is 0 Å². The van der Waals surface area contributed by atoms with E-state index >= 15 is 0 Å². The molecule has 0 radical (unpaired) electrons. The molecule has 0 aromatic heterocycles. The predicted molar refractivity (Wildman–Crippen MR) is 67.9 cm³/mol. The van der Waals surface area contributed by atoms with Crippen LogP contribution in [0.5, 0.6) is 0 Å². The summed E-state index contributed by atoms with van der Waals surface area (Å²) in [6.45, 7) is 5.81. The predicted octanol–water partition coefficient (Wildman–Crippen LogP) is 2.41. The topological polar surface area (TPSA) is 38.7 Å². The molecule has 0 spiro atoms. The zero-order valence-electron chi connectivity index (χ0n) is 10.6. The third kappa shape index (κ3) is 5.31.